The summed E-state index contributed by atoms with van der Waals surface area (Å²) in [6.45, 7) is 1.41. The molecule has 2 rings (SSSR count). The molecule has 1 fully saturated rings. The molecule has 0 saturated carbocycles. The molecular formula is C13H16N4O2. The van der Waals surface area contributed by atoms with E-state index in [0.29, 0.717) is 17.8 Å². The van der Waals surface area contributed by atoms with Crippen LogP contribution in [0.5, 0.6) is 0 Å². The zero-order valence-corrected chi connectivity index (χ0v) is 10.6. The number of carbonyl (C=O) groups excluding carboxylic acids is 1. The van der Waals surface area contributed by atoms with Gasteiger partial charge in [0.2, 0.25) is 0 Å². The second kappa shape index (κ2) is 6.18. The van der Waals surface area contributed by atoms with Crippen molar-refractivity contribution in [1.82, 2.24) is 10.6 Å². The molecule has 19 heavy (non-hydrogen) atoms. The lowest BCUT2D eigenvalue weighted by atomic mass is 10.2. The van der Waals surface area contributed by atoms with Crippen LogP contribution in [0, 0.1) is 11.3 Å². The number of hydrogen-bond acceptors (Lipinski definition) is 4. The molecular weight excluding hydrogens is 244 g/mol. The molecule has 3 N–H and O–H groups in total. The Hall–Kier alpha value is -2.10. The number of rotatable bonds is 3. The Bertz CT molecular complexity index is 498. The lowest BCUT2D eigenvalue weighted by Crippen LogP contribution is -2.45. The first-order valence-electron chi connectivity index (χ1n) is 6.04. The summed E-state index contributed by atoms with van der Waals surface area (Å²) >= 11 is 0. The van der Waals surface area contributed by atoms with Crippen LogP contribution in [0.3, 0.4) is 0 Å². The van der Waals surface area contributed by atoms with Gasteiger partial charge in [-0.2, -0.15) is 5.26 Å². The lowest BCUT2D eigenvalue weighted by Gasteiger charge is -2.18. The number of methoxy groups -OCH3 is 1. The van der Waals surface area contributed by atoms with Crippen molar-refractivity contribution in [1.29, 1.82) is 5.26 Å². The highest BCUT2D eigenvalue weighted by atomic mass is 16.5. The average Bonchev–Trinajstić information content (AvgIpc) is 2.86. The van der Waals surface area contributed by atoms with Gasteiger partial charge in [-0.1, -0.05) is 6.07 Å². The van der Waals surface area contributed by atoms with E-state index < -0.39 is 0 Å². The maximum atomic E-state index is 11.8. The van der Waals surface area contributed by atoms with Crippen LogP contribution in [-0.2, 0) is 4.74 Å². The van der Waals surface area contributed by atoms with Gasteiger partial charge in [0.15, 0.2) is 0 Å². The first-order chi connectivity index (χ1) is 9.22. The minimum atomic E-state index is -0.300. The average molecular weight is 260 g/mol. The second-order valence-electron chi connectivity index (χ2n) is 4.33. The third-order valence-corrected chi connectivity index (χ3v) is 3.03. The van der Waals surface area contributed by atoms with Crippen LogP contribution in [0.4, 0.5) is 10.5 Å². The smallest absolute Gasteiger partial charge is 0.319 e. The van der Waals surface area contributed by atoms with E-state index in [1.54, 1.807) is 31.4 Å². The van der Waals surface area contributed by atoms with E-state index in [1.165, 1.54) is 0 Å². The Labute approximate surface area is 111 Å². The highest BCUT2D eigenvalue weighted by Gasteiger charge is 2.28. The Morgan fingerprint density at radius 2 is 2.37 bits per heavy atom. The number of ether oxygens (including phenoxy) is 1. The molecule has 1 aliphatic rings. The third-order valence-electron chi connectivity index (χ3n) is 3.03. The van der Waals surface area contributed by atoms with E-state index in [1.807, 2.05) is 6.07 Å². The number of carbonyl (C=O) groups is 1. The standard InChI is InChI=1S/C13H16N4O2/c1-19-12-8-15-7-11(12)17-13(18)16-10-4-2-3-9(5-10)6-14/h2-5,11-12,15H,7-8H2,1H3,(H2,16,17,18)/t11?,12-/m0/s1. The monoisotopic (exact) mass is 260 g/mol. The topological polar surface area (TPSA) is 86.2 Å². The van der Waals surface area contributed by atoms with Crippen molar-refractivity contribution in [2.24, 2.45) is 0 Å². The van der Waals surface area contributed by atoms with E-state index >= 15 is 0 Å². The Morgan fingerprint density at radius 3 is 3.11 bits per heavy atom. The van der Waals surface area contributed by atoms with E-state index in [9.17, 15) is 4.79 Å². The van der Waals surface area contributed by atoms with Crippen LogP contribution >= 0.6 is 0 Å². The molecule has 0 aromatic heterocycles. The summed E-state index contributed by atoms with van der Waals surface area (Å²) in [5.41, 5.74) is 1.10. The van der Waals surface area contributed by atoms with E-state index in [0.717, 1.165) is 6.54 Å². The van der Waals surface area contributed by atoms with Crippen LogP contribution in [0.2, 0.25) is 0 Å². The van der Waals surface area contributed by atoms with Crippen LogP contribution in [0.1, 0.15) is 5.56 Å². The number of amides is 2. The van der Waals surface area contributed by atoms with E-state index in [-0.39, 0.29) is 18.2 Å². The molecule has 1 heterocycles. The summed E-state index contributed by atoms with van der Waals surface area (Å²) in [7, 11) is 1.63. The largest absolute Gasteiger partial charge is 0.378 e. The van der Waals surface area contributed by atoms with Gasteiger partial charge in [0, 0.05) is 25.9 Å². The molecule has 2 atom stereocenters. The molecule has 6 nitrogen and oxygen atoms in total. The van der Waals surface area contributed by atoms with E-state index in [4.69, 9.17) is 10.00 Å². The number of nitrogens with one attached hydrogen (secondary N) is 3. The maximum absolute atomic E-state index is 11.8. The van der Waals surface area contributed by atoms with E-state index in [2.05, 4.69) is 16.0 Å². The number of nitrogens with zero attached hydrogens (tertiary/aromatic N) is 1. The van der Waals surface area contributed by atoms with Gasteiger partial charge in [0.25, 0.3) is 0 Å². The number of benzene rings is 1. The predicted molar refractivity (Wildman–Crippen MR) is 70.8 cm³/mol. The summed E-state index contributed by atoms with van der Waals surface area (Å²) in [6, 6.07) is 8.45. The molecule has 0 aliphatic carbocycles. The summed E-state index contributed by atoms with van der Waals surface area (Å²) < 4.78 is 5.26. The Balaban J connectivity index is 1.92. The minimum Gasteiger partial charge on any atom is -0.378 e. The van der Waals surface area contributed by atoms with Crippen LogP contribution in [0.15, 0.2) is 24.3 Å². The molecule has 6 heteroatoms. The summed E-state index contributed by atoms with van der Waals surface area (Å²) in [5, 5.41) is 17.5. The molecule has 1 aliphatic heterocycles. The van der Waals surface area contributed by atoms with Crippen molar-refractivity contribution in [3.8, 4) is 6.07 Å². The number of nitriles is 1. The van der Waals surface area contributed by atoms with Gasteiger partial charge in [0.05, 0.1) is 23.8 Å². The lowest BCUT2D eigenvalue weighted by molar-refractivity contribution is 0.0991. The van der Waals surface area contributed by atoms with Crippen LogP contribution in [0.25, 0.3) is 0 Å². The summed E-state index contributed by atoms with van der Waals surface area (Å²) in [4.78, 5) is 11.8. The highest BCUT2D eigenvalue weighted by Crippen LogP contribution is 2.10. The fourth-order valence-corrected chi connectivity index (χ4v) is 2.05. The first kappa shape index (κ1) is 13.3. The molecule has 1 saturated heterocycles. The number of urea groups is 1. The second-order valence-corrected chi connectivity index (χ2v) is 4.33. The SMILES string of the molecule is CO[C@H]1CNCC1NC(=O)Nc1cccc(C#N)c1. The molecule has 0 bridgehead atoms. The Morgan fingerprint density at radius 1 is 1.53 bits per heavy atom. The molecule has 1 unspecified atom stereocenters. The first-order valence-corrected chi connectivity index (χ1v) is 6.04. The summed E-state index contributed by atoms with van der Waals surface area (Å²) in [6.07, 6.45) is -0.0174. The van der Waals surface area contributed by atoms with Crippen LogP contribution < -0.4 is 16.0 Å². The molecule has 2 amide bonds. The molecule has 100 valence electrons. The normalized spacial score (nSPS) is 21.7. The van der Waals surface area contributed by atoms with Gasteiger partial charge in [-0.3, -0.25) is 0 Å². The quantitative estimate of drug-likeness (QED) is 0.745. The fraction of sp³-hybridized carbons (Fsp3) is 0.385. The molecule has 0 spiro atoms. The zero-order chi connectivity index (χ0) is 13.7. The molecule has 1 aromatic carbocycles. The van der Waals surface area contributed by atoms with Crippen molar-refractivity contribution in [2.75, 3.05) is 25.5 Å². The number of hydrogen-bond donors (Lipinski definition) is 3. The zero-order valence-electron chi connectivity index (χ0n) is 10.6. The van der Waals surface area contributed by atoms with Gasteiger partial charge in [-0.15, -0.1) is 0 Å². The molecule has 0 radical (unpaired) electrons. The fourth-order valence-electron chi connectivity index (χ4n) is 2.05. The summed E-state index contributed by atoms with van der Waals surface area (Å²) in [5.74, 6) is 0. The van der Waals surface area contributed by atoms with Gasteiger partial charge in [-0.05, 0) is 18.2 Å². The third kappa shape index (κ3) is 3.44. The van der Waals surface area contributed by atoms with Gasteiger partial charge >= 0.3 is 6.03 Å². The highest BCUT2D eigenvalue weighted by molar-refractivity contribution is 5.89. The van der Waals surface area contributed by atoms with Crippen molar-refractivity contribution < 1.29 is 9.53 Å². The predicted octanol–water partition coefficient (Wildman–Crippen LogP) is 0.667. The van der Waals surface area contributed by atoms with Crippen LogP contribution in [-0.4, -0.2) is 38.4 Å². The van der Waals surface area contributed by atoms with Crippen molar-refractivity contribution in [3.05, 3.63) is 29.8 Å². The van der Waals surface area contributed by atoms with Gasteiger partial charge in [-0.25, -0.2) is 4.79 Å². The maximum Gasteiger partial charge on any atom is 0.319 e. The minimum absolute atomic E-state index is 0.0174. The molecule has 1 aromatic rings. The van der Waals surface area contributed by atoms with Crippen molar-refractivity contribution in [2.45, 2.75) is 12.1 Å². The van der Waals surface area contributed by atoms with Crippen molar-refractivity contribution in [3.63, 3.8) is 0 Å². The Kier molecular flexibility index (Phi) is 4.34. The van der Waals surface area contributed by atoms with Gasteiger partial charge < -0.3 is 20.7 Å². The number of anilines is 1. The van der Waals surface area contributed by atoms with Gasteiger partial charge in [0.1, 0.15) is 0 Å². The van der Waals surface area contributed by atoms with Crippen molar-refractivity contribution >= 4 is 11.7 Å².